The molecular formula is C24H18FN3O4. The molecule has 0 spiro atoms. The molecule has 160 valence electrons. The third kappa shape index (κ3) is 3.00. The van der Waals surface area contributed by atoms with Gasteiger partial charge in [0.1, 0.15) is 17.1 Å². The van der Waals surface area contributed by atoms with Crippen molar-refractivity contribution in [3.8, 4) is 11.1 Å². The Labute approximate surface area is 180 Å². The van der Waals surface area contributed by atoms with E-state index >= 15 is 0 Å². The van der Waals surface area contributed by atoms with Crippen LogP contribution in [0.4, 0.5) is 4.39 Å². The van der Waals surface area contributed by atoms with E-state index in [2.05, 4.69) is 4.98 Å². The number of aromatic amines is 1. The predicted molar refractivity (Wildman–Crippen MR) is 118 cm³/mol. The monoisotopic (exact) mass is 431 g/mol. The van der Waals surface area contributed by atoms with Crippen LogP contribution in [0.5, 0.6) is 0 Å². The summed E-state index contributed by atoms with van der Waals surface area (Å²) in [6, 6.07) is 13.3. The van der Waals surface area contributed by atoms with Crippen molar-refractivity contribution < 1.29 is 18.7 Å². The molecule has 0 atom stereocenters. The standard InChI is InChI=1S/C24H18FN3O4/c25-17-10-18-20(22-15(17)6-8-32-22)19(16-5-2-7-27-23(16)29)21(24(30)31)28(18)12-14-4-1-3-13(9-14)11-26/h1-10H,11-12,26H2,(H,27,29)(H,30,31). The van der Waals surface area contributed by atoms with Gasteiger partial charge in [-0.1, -0.05) is 24.3 Å². The quantitative estimate of drug-likeness (QED) is 0.388. The van der Waals surface area contributed by atoms with E-state index in [0.717, 1.165) is 11.1 Å². The zero-order valence-corrected chi connectivity index (χ0v) is 16.8. The summed E-state index contributed by atoms with van der Waals surface area (Å²) in [5.41, 5.74) is 7.70. The third-order valence-electron chi connectivity index (χ3n) is 5.57. The first-order valence-corrected chi connectivity index (χ1v) is 9.90. The van der Waals surface area contributed by atoms with E-state index in [9.17, 15) is 19.1 Å². The second-order valence-corrected chi connectivity index (χ2v) is 7.47. The molecule has 0 bridgehead atoms. The lowest BCUT2D eigenvalue weighted by molar-refractivity contribution is 0.0687. The fraction of sp³-hybridized carbons (Fsp3) is 0.0833. The number of H-pyrrole nitrogens is 1. The number of nitrogens with one attached hydrogen (secondary N) is 1. The van der Waals surface area contributed by atoms with E-state index in [4.69, 9.17) is 10.2 Å². The Bertz CT molecular complexity index is 1560. The Morgan fingerprint density at radius 1 is 1.16 bits per heavy atom. The SMILES string of the molecule is NCc1cccc(Cn2c(C(=O)O)c(-c3ccc[nH]c3=O)c3c4occc4c(F)cc32)c1. The highest BCUT2D eigenvalue weighted by molar-refractivity contribution is 6.17. The summed E-state index contributed by atoms with van der Waals surface area (Å²) in [6.45, 7) is 0.473. The minimum Gasteiger partial charge on any atom is -0.477 e. The van der Waals surface area contributed by atoms with Crippen LogP contribution >= 0.6 is 0 Å². The van der Waals surface area contributed by atoms with Gasteiger partial charge >= 0.3 is 5.97 Å². The molecule has 5 aromatic rings. The molecule has 4 N–H and O–H groups in total. The van der Waals surface area contributed by atoms with Gasteiger partial charge in [0.05, 0.1) is 28.1 Å². The van der Waals surface area contributed by atoms with Crippen LogP contribution in [0.2, 0.25) is 0 Å². The van der Waals surface area contributed by atoms with Crippen molar-refractivity contribution in [3.05, 3.63) is 94.0 Å². The number of hydrogen-bond acceptors (Lipinski definition) is 4. The summed E-state index contributed by atoms with van der Waals surface area (Å²) in [7, 11) is 0. The molecule has 0 fully saturated rings. The normalized spacial score (nSPS) is 11.4. The number of aromatic nitrogens is 2. The van der Waals surface area contributed by atoms with E-state index in [1.807, 2.05) is 24.3 Å². The summed E-state index contributed by atoms with van der Waals surface area (Å²) >= 11 is 0. The first kappa shape index (κ1) is 19.8. The average molecular weight is 431 g/mol. The molecule has 3 aromatic heterocycles. The predicted octanol–water partition coefficient (Wildman–Crippen LogP) is 4.09. The summed E-state index contributed by atoms with van der Waals surface area (Å²) in [5, 5.41) is 10.8. The van der Waals surface area contributed by atoms with Crippen molar-refractivity contribution in [3.63, 3.8) is 0 Å². The number of carbonyl (C=O) groups is 1. The van der Waals surface area contributed by atoms with Crippen LogP contribution in [-0.2, 0) is 13.1 Å². The molecule has 0 aliphatic carbocycles. The van der Waals surface area contributed by atoms with Gasteiger partial charge < -0.3 is 24.8 Å². The number of carboxylic acid groups (broad SMARTS) is 1. The lowest BCUT2D eigenvalue weighted by atomic mass is 10.0. The molecule has 0 amide bonds. The van der Waals surface area contributed by atoms with Gasteiger partial charge in [-0.2, -0.15) is 0 Å². The molecule has 0 saturated heterocycles. The Hall–Kier alpha value is -4.17. The maximum absolute atomic E-state index is 14.9. The highest BCUT2D eigenvalue weighted by Crippen LogP contribution is 2.40. The number of nitrogens with zero attached hydrogens (tertiary/aromatic N) is 1. The number of fused-ring (bicyclic) bond motifs is 3. The van der Waals surface area contributed by atoms with E-state index in [1.165, 1.54) is 35.2 Å². The number of carboxylic acids is 1. The van der Waals surface area contributed by atoms with Crippen LogP contribution < -0.4 is 11.3 Å². The Kier molecular flexibility index (Phi) is 4.64. The summed E-state index contributed by atoms with van der Waals surface area (Å²) in [6.07, 6.45) is 2.81. The maximum Gasteiger partial charge on any atom is 0.353 e. The maximum atomic E-state index is 14.9. The van der Waals surface area contributed by atoms with Crippen LogP contribution in [0.3, 0.4) is 0 Å². The molecule has 0 aliphatic rings. The highest BCUT2D eigenvalue weighted by atomic mass is 19.1. The van der Waals surface area contributed by atoms with Gasteiger partial charge in [-0.25, -0.2) is 9.18 Å². The topological polar surface area (TPSA) is 114 Å². The van der Waals surface area contributed by atoms with Gasteiger partial charge in [0.15, 0.2) is 0 Å². The second-order valence-electron chi connectivity index (χ2n) is 7.47. The molecule has 5 rings (SSSR count). The van der Waals surface area contributed by atoms with Crippen molar-refractivity contribution >= 4 is 27.8 Å². The van der Waals surface area contributed by atoms with Gasteiger partial charge in [-0.05, 0) is 35.4 Å². The number of aromatic carboxylic acids is 1. The molecule has 0 radical (unpaired) electrons. The van der Waals surface area contributed by atoms with Gasteiger partial charge in [-0.3, -0.25) is 4.79 Å². The van der Waals surface area contributed by atoms with Crippen LogP contribution in [0.25, 0.3) is 33.0 Å². The molecular weight excluding hydrogens is 413 g/mol. The van der Waals surface area contributed by atoms with Gasteiger partial charge in [-0.15, -0.1) is 0 Å². The van der Waals surface area contributed by atoms with Gasteiger partial charge in [0.25, 0.3) is 5.56 Å². The number of furan rings is 1. The molecule has 7 nitrogen and oxygen atoms in total. The fourth-order valence-corrected chi connectivity index (χ4v) is 4.21. The van der Waals surface area contributed by atoms with E-state index in [-0.39, 0.29) is 34.3 Å². The van der Waals surface area contributed by atoms with Crippen molar-refractivity contribution in [2.45, 2.75) is 13.1 Å². The van der Waals surface area contributed by atoms with Crippen molar-refractivity contribution in [1.82, 2.24) is 9.55 Å². The zero-order chi connectivity index (χ0) is 22.4. The lowest BCUT2D eigenvalue weighted by Gasteiger charge is -2.10. The first-order valence-electron chi connectivity index (χ1n) is 9.90. The number of pyridine rings is 1. The Morgan fingerprint density at radius 2 is 1.97 bits per heavy atom. The number of nitrogens with two attached hydrogens (primary N) is 1. The van der Waals surface area contributed by atoms with Crippen LogP contribution in [0.1, 0.15) is 21.6 Å². The van der Waals surface area contributed by atoms with Crippen molar-refractivity contribution in [2.24, 2.45) is 5.73 Å². The third-order valence-corrected chi connectivity index (χ3v) is 5.57. The van der Waals surface area contributed by atoms with Crippen molar-refractivity contribution in [2.75, 3.05) is 0 Å². The zero-order valence-electron chi connectivity index (χ0n) is 16.8. The smallest absolute Gasteiger partial charge is 0.353 e. The molecule has 32 heavy (non-hydrogen) atoms. The number of halogens is 1. The molecule has 2 aromatic carbocycles. The van der Waals surface area contributed by atoms with Crippen LogP contribution in [0.15, 0.2) is 70.2 Å². The van der Waals surface area contributed by atoms with Crippen molar-refractivity contribution in [1.29, 1.82) is 0 Å². The fourth-order valence-electron chi connectivity index (χ4n) is 4.21. The lowest BCUT2D eigenvalue weighted by Crippen LogP contribution is -2.13. The number of benzene rings is 2. The molecule has 8 heteroatoms. The van der Waals surface area contributed by atoms with Crippen LogP contribution in [0, 0.1) is 5.82 Å². The largest absolute Gasteiger partial charge is 0.477 e. The van der Waals surface area contributed by atoms with E-state index in [1.54, 1.807) is 6.07 Å². The van der Waals surface area contributed by atoms with E-state index in [0.29, 0.717) is 17.4 Å². The minimum absolute atomic E-state index is 0.127. The highest BCUT2D eigenvalue weighted by Gasteiger charge is 2.28. The number of rotatable bonds is 5. The average Bonchev–Trinajstić information content (AvgIpc) is 3.38. The molecule has 0 saturated carbocycles. The van der Waals surface area contributed by atoms with E-state index < -0.39 is 17.3 Å². The van der Waals surface area contributed by atoms with Gasteiger partial charge in [0, 0.05) is 24.8 Å². The molecule has 0 unspecified atom stereocenters. The first-order chi connectivity index (χ1) is 15.5. The summed E-state index contributed by atoms with van der Waals surface area (Å²) in [4.78, 5) is 27.7. The van der Waals surface area contributed by atoms with Gasteiger partial charge in [0.2, 0.25) is 0 Å². The molecule has 3 heterocycles. The van der Waals surface area contributed by atoms with Crippen LogP contribution in [-0.4, -0.2) is 20.6 Å². The molecule has 0 aliphatic heterocycles. The summed E-state index contributed by atoms with van der Waals surface area (Å²) in [5.74, 6) is -1.78. The Morgan fingerprint density at radius 3 is 2.72 bits per heavy atom. The second kappa shape index (κ2) is 7.51. The summed E-state index contributed by atoms with van der Waals surface area (Å²) < 4.78 is 22.0. The Balaban J connectivity index is 1.92. The minimum atomic E-state index is -1.24. The number of hydrogen-bond donors (Lipinski definition) is 3.